The lowest BCUT2D eigenvalue weighted by Gasteiger charge is -2.28. The van der Waals surface area contributed by atoms with Gasteiger partial charge < -0.3 is 15.0 Å². The Morgan fingerprint density at radius 2 is 1.81 bits per heavy atom. The average molecular weight is 485 g/mol. The monoisotopic (exact) mass is 484 g/mol. The van der Waals surface area contributed by atoms with E-state index in [0.29, 0.717) is 17.9 Å². The molecular weight excluding hydrogens is 456 g/mol. The number of benzene rings is 2. The third-order valence-electron chi connectivity index (χ3n) is 6.34. The normalized spacial score (nSPS) is 19.5. The lowest BCUT2D eigenvalue weighted by atomic mass is 9.96. The highest BCUT2D eigenvalue weighted by molar-refractivity contribution is 9.10. The molecule has 1 unspecified atom stereocenters. The summed E-state index contributed by atoms with van der Waals surface area (Å²) in [4.78, 5) is 28.5. The van der Waals surface area contributed by atoms with Gasteiger partial charge in [-0.25, -0.2) is 0 Å². The van der Waals surface area contributed by atoms with Crippen molar-refractivity contribution in [3.05, 3.63) is 63.6 Å². The summed E-state index contributed by atoms with van der Waals surface area (Å²) in [5, 5.41) is 3.27. The zero-order chi connectivity index (χ0) is 21.8. The molecule has 164 valence electrons. The summed E-state index contributed by atoms with van der Waals surface area (Å²) >= 11 is 3.50. The van der Waals surface area contributed by atoms with Crippen molar-refractivity contribution >= 4 is 27.7 Å². The Labute approximate surface area is 192 Å². The van der Waals surface area contributed by atoms with E-state index in [1.54, 1.807) is 12.0 Å². The molecule has 1 N–H and O–H groups in total. The minimum Gasteiger partial charge on any atom is -0.496 e. The van der Waals surface area contributed by atoms with Crippen molar-refractivity contribution in [2.24, 2.45) is 0 Å². The fourth-order valence-electron chi connectivity index (χ4n) is 4.75. The Balaban J connectivity index is 1.61. The minimum absolute atomic E-state index is 0.0853. The van der Waals surface area contributed by atoms with Crippen LogP contribution in [0.25, 0.3) is 0 Å². The van der Waals surface area contributed by atoms with Gasteiger partial charge in [-0.05, 0) is 42.7 Å². The minimum atomic E-state index is -0.627. The fraction of sp³-hybridized carbons (Fsp3) is 0.440. The number of fused-ring (bicyclic) bond motifs is 1. The second kappa shape index (κ2) is 9.86. The molecule has 2 aromatic carbocycles. The number of halogens is 1. The topological polar surface area (TPSA) is 58.6 Å². The van der Waals surface area contributed by atoms with Gasteiger partial charge in [-0.2, -0.15) is 0 Å². The van der Waals surface area contributed by atoms with Crippen LogP contribution in [0.3, 0.4) is 0 Å². The van der Waals surface area contributed by atoms with E-state index < -0.39 is 6.04 Å². The molecule has 1 atom stereocenters. The van der Waals surface area contributed by atoms with Crippen LogP contribution in [0.2, 0.25) is 0 Å². The predicted molar refractivity (Wildman–Crippen MR) is 124 cm³/mol. The van der Waals surface area contributed by atoms with Crippen molar-refractivity contribution in [2.45, 2.75) is 63.6 Å². The number of methoxy groups -OCH3 is 1. The Kier molecular flexibility index (Phi) is 6.96. The van der Waals surface area contributed by atoms with E-state index in [0.717, 1.165) is 41.3 Å². The molecule has 1 saturated carbocycles. The van der Waals surface area contributed by atoms with E-state index in [2.05, 4.69) is 21.2 Å². The smallest absolute Gasteiger partial charge is 0.255 e. The highest BCUT2D eigenvalue weighted by Gasteiger charge is 2.41. The van der Waals surface area contributed by atoms with Crippen LogP contribution in [0.15, 0.2) is 46.9 Å². The first-order valence-electron chi connectivity index (χ1n) is 11.1. The Bertz CT molecular complexity index is 954. The van der Waals surface area contributed by atoms with Crippen molar-refractivity contribution in [2.75, 3.05) is 7.11 Å². The number of hydrogen-bond donors (Lipinski definition) is 1. The maximum absolute atomic E-state index is 13.5. The number of nitrogens with zero attached hydrogens (tertiary/aromatic N) is 1. The maximum Gasteiger partial charge on any atom is 0.255 e. The van der Waals surface area contributed by atoms with Gasteiger partial charge in [0, 0.05) is 21.6 Å². The van der Waals surface area contributed by atoms with Crippen LogP contribution >= 0.6 is 15.9 Å². The van der Waals surface area contributed by atoms with Gasteiger partial charge in [0.05, 0.1) is 13.7 Å². The average Bonchev–Trinajstić information content (AvgIpc) is 3.02. The van der Waals surface area contributed by atoms with E-state index in [1.807, 2.05) is 42.5 Å². The number of nitrogens with one attached hydrogen (secondary N) is 1. The van der Waals surface area contributed by atoms with E-state index >= 15 is 0 Å². The SMILES string of the molecule is COc1ccc(Br)cc1CN1C(=O)c2ccccc2C1C(=O)NC1CCCCCCC1. The Morgan fingerprint density at radius 3 is 2.55 bits per heavy atom. The van der Waals surface area contributed by atoms with Crippen molar-refractivity contribution < 1.29 is 14.3 Å². The molecule has 5 nitrogen and oxygen atoms in total. The maximum atomic E-state index is 13.5. The van der Waals surface area contributed by atoms with Crippen molar-refractivity contribution in [3.8, 4) is 5.75 Å². The number of ether oxygens (including phenoxy) is 1. The first-order valence-corrected chi connectivity index (χ1v) is 11.9. The second-order valence-electron chi connectivity index (χ2n) is 8.43. The number of carbonyl (C=O) groups is 2. The highest BCUT2D eigenvalue weighted by atomic mass is 79.9. The van der Waals surface area contributed by atoms with E-state index in [9.17, 15) is 9.59 Å². The van der Waals surface area contributed by atoms with Gasteiger partial charge >= 0.3 is 0 Å². The number of hydrogen-bond acceptors (Lipinski definition) is 3. The summed E-state index contributed by atoms with van der Waals surface area (Å²) in [7, 11) is 1.62. The Hall–Kier alpha value is -2.34. The van der Waals surface area contributed by atoms with Crippen LogP contribution in [0, 0.1) is 0 Å². The van der Waals surface area contributed by atoms with Crippen molar-refractivity contribution in [1.29, 1.82) is 0 Å². The number of amides is 2. The molecule has 6 heteroatoms. The van der Waals surface area contributed by atoms with E-state index in [1.165, 1.54) is 19.3 Å². The molecule has 0 aromatic heterocycles. The largest absolute Gasteiger partial charge is 0.496 e. The van der Waals surface area contributed by atoms with Crippen LogP contribution in [-0.2, 0) is 11.3 Å². The predicted octanol–water partition coefficient (Wildman–Crippen LogP) is 5.38. The first kappa shape index (κ1) is 21.9. The first-order chi connectivity index (χ1) is 15.1. The molecule has 1 aliphatic carbocycles. The molecule has 0 radical (unpaired) electrons. The van der Waals surface area contributed by atoms with Gasteiger partial charge in [-0.3, -0.25) is 9.59 Å². The molecule has 0 spiro atoms. The van der Waals surface area contributed by atoms with E-state index in [-0.39, 0.29) is 17.9 Å². The molecule has 2 aliphatic rings. The molecule has 1 aliphatic heterocycles. The zero-order valence-corrected chi connectivity index (χ0v) is 19.5. The summed E-state index contributed by atoms with van der Waals surface area (Å²) in [6, 6.07) is 12.7. The van der Waals surface area contributed by atoms with Crippen LogP contribution in [0.4, 0.5) is 0 Å². The molecule has 2 aromatic rings. The molecule has 31 heavy (non-hydrogen) atoms. The van der Waals surface area contributed by atoms with Gasteiger partial charge in [-0.15, -0.1) is 0 Å². The lowest BCUT2D eigenvalue weighted by molar-refractivity contribution is -0.126. The summed E-state index contributed by atoms with van der Waals surface area (Å²) in [5.41, 5.74) is 2.25. The van der Waals surface area contributed by atoms with Gasteiger partial charge in [-0.1, -0.05) is 66.2 Å². The molecule has 0 bridgehead atoms. The van der Waals surface area contributed by atoms with Crippen LogP contribution in [-0.4, -0.2) is 29.9 Å². The molecule has 1 fully saturated rings. The third kappa shape index (κ3) is 4.79. The van der Waals surface area contributed by atoms with Gasteiger partial charge in [0.1, 0.15) is 11.8 Å². The number of carbonyl (C=O) groups excluding carboxylic acids is 2. The Morgan fingerprint density at radius 1 is 1.10 bits per heavy atom. The third-order valence-corrected chi connectivity index (χ3v) is 6.83. The van der Waals surface area contributed by atoms with Gasteiger partial charge in [0.25, 0.3) is 5.91 Å². The lowest BCUT2D eigenvalue weighted by Crippen LogP contribution is -2.43. The van der Waals surface area contributed by atoms with E-state index in [4.69, 9.17) is 4.74 Å². The summed E-state index contributed by atoms with van der Waals surface area (Å²) in [5.74, 6) is 0.499. The summed E-state index contributed by atoms with van der Waals surface area (Å²) in [6.45, 7) is 0.304. The van der Waals surface area contributed by atoms with Crippen LogP contribution < -0.4 is 10.1 Å². The molecular formula is C25H29BrN2O3. The van der Waals surface area contributed by atoms with Crippen LogP contribution in [0.1, 0.15) is 72.5 Å². The summed E-state index contributed by atoms with van der Waals surface area (Å²) < 4.78 is 6.41. The van der Waals surface area contributed by atoms with Gasteiger partial charge in [0.2, 0.25) is 5.91 Å². The molecule has 2 amide bonds. The number of rotatable bonds is 5. The molecule has 1 heterocycles. The zero-order valence-electron chi connectivity index (χ0n) is 17.9. The molecule has 4 rings (SSSR count). The van der Waals surface area contributed by atoms with Crippen molar-refractivity contribution in [3.63, 3.8) is 0 Å². The highest BCUT2D eigenvalue weighted by Crippen LogP contribution is 2.37. The quantitative estimate of drug-likeness (QED) is 0.619. The second-order valence-corrected chi connectivity index (χ2v) is 9.35. The standard InChI is InChI=1S/C25H29BrN2O3/c1-31-22-14-13-18(26)15-17(22)16-28-23(20-11-7-8-12-21(20)25(28)30)24(29)27-19-9-5-3-2-4-6-10-19/h7-8,11-15,19,23H,2-6,9-10,16H2,1H3,(H,27,29). The fourth-order valence-corrected chi connectivity index (χ4v) is 5.16. The molecule has 0 saturated heterocycles. The van der Waals surface area contributed by atoms with Crippen LogP contribution in [0.5, 0.6) is 5.75 Å². The van der Waals surface area contributed by atoms with Crippen molar-refractivity contribution in [1.82, 2.24) is 10.2 Å². The summed E-state index contributed by atoms with van der Waals surface area (Å²) in [6.07, 6.45) is 8.04. The van der Waals surface area contributed by atoms with Gasteiger partial charge in [0.15, 0.2) is 0 Å².